The van der Waals surface area contributed by atoms with Gasteiger partial charge in [0.15, 0.2) is 0 Å². The largest absolute Gasteiger partial charge is 0.488 e. The van der Waals surface area contributed by atoms with Crippen LogP contribution in [0.1, 0.15) is 42.5 Å². The van der Waals surface area contributed by atoms with E-state index in [9.17, 15) is 17.7 Å². The zero-order chi connectivity index (χ0) is 32.5. The number of alkyl halides is 4. The number of halogens is 4. The van der Waals surface area contributed by atoms with Crippen LogP contribution in [0.4, 0.5) is 28.9 Å². The van der Waals surface area contributed by atoms with Gasteiger partial charge in [0.05, 0.1) is 46.1 Å². The van der Waals surface area contributed by atoms with Gasteiger partial charge in [-0.15, -0.1) is 11.3 Å². The summed E-state index contributed by atoms with van der Waals surface area (Å²) in [5, 5.41) is 7.77. The minimum atomic E-state index is -4.41. The van der Waals surface area contributed by atoms with Gasteiger partial charge in [-0.3, -0.25) is 4.90 Å². The topological polar surface area (TPSA) is 62.8 Å². The first-order chi connectivity index (χ1) is 21.9. The number of piperidine rings is 1. The first-order valence-electron chi connectivity index (χ1n) is 15.9. The Hall–Kier alpha value is -2.77. The van der Waals surface area contributed by atoms with Gasteiger partial charge in [0, 0.05) is 37.6 Å². The number of rotatable bonds is 9. The fraction of sp³-hybridized carbons (Fsp3) is 0.529. The summed E-state index contributed by atoms with van der Waals surface area (Å²) in [4.78, 5) is 2.55. The van der Waals surface area contributed by atoms with Gasteiger partial charge in [0.25, 0.3) is 0 Å². The van der Waals surface area contributed by atoms with Crippen molar-refractivity contribution in [2.75, 3.05) is 56.8 Å². The number of thiophene rings is 1. The lowest BCUT2D eigenvalue weighted by Gasteiger charge is -2.41. The second-order valence-corrected chi connectivity index (χ2v) is 17.0. The fourth-order valence-electron chi connectivity index (χ4n) is 6.15. The maximum absolute atomic E-state index is 15.4. The van der Waals surface area contributed by atoms with Gasteiger partial charge >= 0.3 is 6.18 Å². The average Bonchev–Trinajstić information content (AvgIpc) is 3.76. The van der Waals surface area contributed by atoms with Crippen LogP contribution < -0.4 is 20.7 Å². The molecule has 1 saturated carbocycles. The number of fused-ring (bicyclic) bond motifs is 1. The van der Waals surface area contributed by atoms with E-state index in [4.69, 9.17) is 9.47 Å². The summed E-state index contributed by atoms with van der Waals surface area (Å²) in [6, 6.07) is 10.5. The van der Waals surface area contributed by atoms with Crippen LogP contribution in [-0.4, -0.2) is 81.6 Å². The minimum Gasteiger partial charge on any atom is -0.488 e. The summed E-state index contributed by atoms with van der Waals surface area (Å²) >= 11 is 1.21. The van der Waals surface area contributed by atoms with Crippen LogP contribution in [0.15, 0.2) is 36.4 Å². The predicted molar refractivity (Wildman–Crippen MR) is 178 cm³/mol. The van der Waals surface area contributed by atoms with Gasteiger partial charge in [0.1, 0.15) is 19.1 Å². The highest BCUT2D eigenvalue weighted by Gasteiger charge is 2.35. The molecule has 3 fully saturated rings. The molecule has 6 rings (SSSR count). The number of benzene rings is 2. The highest BCUT2D eigenvalue weighted by Crippen LogP contribution is 2.41. The number of hydrogen-bond acceptors (Lipinski definition) is 7. The lowest BCUT2D eigenvalue weighted by Crippen LogP contribution is -2.52. The second-order valence-electron chi connectivity index (χ2n) is 12.8. The molecule has 12 heteroatoms. The third-order valence-corrected chi connectivity index (χ3v) is 11.5. The number of anilines is 2. The molecule has 0 bridgehead atoms. The Morgan fingerprint density at radius 2 is 1.87 bits per heavy atom. The lowest BCUT2D eigenvalue weighted by atomic mass is 9.98. The van der Waals surface area contributed by atoms with Crippen molar-refractivity contribution in [2.24, 2.45) is 0 Å². The molecule has 0 spiro atoms. The average molecular weight is 678 g/mol. The molecule has 2 atom stereocenters. The Bertz CT molecular complexity index is 1650. The summed E-state index contributed by atoms with van der Waals surface area (Å²) in [5.74, 6) is 6.59. The fourth-order valence-corrected chi connectivity index (χ4v) is 8.19. The first kappa shape index (κ1) is 33.1. The molecule has 0 radical (unpaired) electrons. The van der Waals surface area contributed by atoms with Gasteiger partial charge in [-0.1, -0.05) is 24.0 Å². The van der Waals surface area contributed by atoms with Crippen molar-refractivity contribution in [3.63, 3.8) is 0 Å². The molecule has 3 aliphatic rings. The molecule has 3 aromatic rings. The van der Waals surface area contributed by atoms with Crippen molar-refractivity contribution in [1.82, 2.24) is 4.90 Å². The third kappa shape index (κ3) is 8.20. The summed E-state index contributed by atoms with van der Waals surface area (Å²) in [5.41, 5.74) is 1.47. The number of nitrogens with one attached hydrogen (secondary N) is 2. The van der Waals surface area contributed by atoms with Gasteiger partial charge < -0.3 is 24.7 Å². The maximum Gasteiger partial charge on any atom is 0.393 e. The van der Waals surface area contributed by atoms with Gasteiger partial charge in [-0.25, -0.2) is 4.39 Å². The van der Waals surface area contributed by atoms with E-state index in [0.29, 0.717) is 64.3 Å². The Morgan fingerprint density at radius 3 is 2.57 bits per heavy atom. The van der Waals surface area contributed by atoms with E-state index in [1.165, 1.54) is 11.3 Å². The highest BCUT2D eigenvalue weighted by molar-refractivity contribution is 7.70. The summed E-state index contributed by atoms with van der Waals surface area (Å²) in [7, 11) is -2.48. The number of nitrogens with zero attached hydrogens (tertiary/aromatic N) is 1. The van der Waals surface area contributed by atoms with Crippen LogP contribution in [0, 0.1) is 11.8 Å². The molecule has 0 amide bonds. The number of hydrogen-bond donors (Lipinski definition) is 2. The Kier molecular flexibility index (Phi) is 9.91. The number of ether oxygens (including phenoxy) is 2. The molecule has 1 aliphatic carbocycles. The molecule has 248 valence electrons. The van der Waals surface area contributed by atoms with Crippen LogP contribution in [0.2, 0.25) is 0 Å². The van der Waals surface area contributed by atoms with Crippen LogP contribution in [0.25, 0.3) is 10.1 Å². The van der Waals surface area contributed by atoms with E-state index in [0.717, 1.165) is 37.5 Å². The second kappa shape index (κ2) is 13.8. The molecular weight excluding hydrogens is 637 g/mol. The molecule has 6 nitrogen and oxygen atoms in total. The quantitative estimate of drug-likeness (QED) is 0.141. The summed E-state index contributed by atoms with van der Waals surface area (Å²) in [6.07, 6.45) is -2.14. The predicted octanol–water partition coefficient (Wildman–Crippen LogP) is 7.26. The molecular formula is C34H40F4N3O3PS. The van der Waals surface area contributed by atoms with Crippen LogP contribution in [0.5, 0.6) is 5.75 Å². The maximum atomic E-state index is 15.4. The molecule has 2 aliphatic heterocycles. The Labute approximate surface area is 271 Å². The van der Waals surface area contributed by atoms with Crippen molar-refractivity contribution >= 4 is 45.2 Å². The van der Waals surface area contributed by atoms with Crippen molar-refractivity contribution in [2.45, 2.75) is 69.1 Å². The summed E-state index contributed by atoms with van der Waals surface area (Å²) < 4.78 is 81.5. The van der Waals surface area contributed by atoms with Gasteiger partial charge in [-0.05, 0) is 80.6 Å². The van der Waals surface area contributed by atoms with Crippen LogP contribution >= 0.6 is 18.5 Å². The van der Waals surface area contributed by atoms with E-state index >= 15 is 4.39 Å². The molecule has 3 heterocycles. The van der Waals surface area contributed by atoms with Crippen LogP contribution in [-0.2, 0) is 15.7 Å². The monoisotopic (exact) mass is 677 g/mol. The SMILES string of the molecule is CP(C)(=O)c1ccc(NCC#Cc2sc3c(N[C@H]4CCN(C5CCOCC5)C[C@H]4F)cccc3c2CC(F)(F)F)c(OC2CC2)c1. The Morgan fingerprint density at radius 1 is 1.09 bits per heavy atom. The molecule has 2 N–H and O–H groups in total. The van der Waals surface area contributed by atoms with Crippen LogP contribution in [0.3, 0.4) is 0 Å². The molecule has 46 heavy (non-hydrogen) atoms. The smallest absolute Gasteiger partial charge is 0.393 e. The third-order valence-electron chi connectivity index (χ3n) is 8.79. The first-order valence-corrected chi connectivity index (χ1v) is 19.3. The van der Waals surface area contributed by atoms with Crippen molar-refractivity contribution in [3.8, 4) is 17.6 Å². The minimum absolute atomic E-state index is 0.133. The summed E-state index contributed by atoms with van der Waals surface area (Å²) in [6.45, 7) is 6.09. The lowest BCUT2D eigenvalue weighted by molar-refractivity contribution is -0.126. The molecule has 1 aromatic heterocycles. The van der Waals surface area contributed by atoms with E-state index in [1.54, 1.807) is 37.6 Å². The van der Waals surface area contributed by atoms with E-state index < -0.39 is 32.0 Å². The van der Waals surface area contributed by atoms with E-state index in [1.807, 2.05) is 12.1 Å². The molecule has 2 saturated heterocycles. The molecule has 0 unspecified atom stereocenters. The standard InChI is InChI=1S/C34H40F4N3O3PS/c1-45(2,42)24-10-11-29(31(19-24)44-23-8-9-23)39-15-4-7-32-26(20-34(36,37)38)25-5-3-6-30(33(25)46-32)40-28-12-16-41(21-27(28)35)22-13-17-43-18-14-22/h3,5-6,10-11,19,22-23,27-28,39-40H,8-9,12-18,20-21H2,1-2H3/t27-,28+/m1/s1. The van der Waals surface area contributed by atoms with E-state index in [2.05, 4.69) is 27.4 Å². The zero-order valence-electron chi connectivity index (χ0n) is 26.1. The van der Waals surface area contributed by atoms with Gasteiger partial charge in [0.2, 0.25) is 0 Å². The Balaban J connectivity index is 1.20. The zero-order valence-corrected chi connectivity index (χ0v) is 27.8. The van der Waals surface area contributed by atoms with Crippen molar-refractivity contribution < 1.29 is 31.6 Å². The number of likely N-dealkylation sites (tertiary alicyclic amines) is 1. The van der Waals surface area contributed by atoms with Crippen molar-refractivity contribution in [3.05, 3.63) is 46.8 Å². The van der Waals surface area contributed by atoms with E-state index in [-0.39, 0.29) is 18.2 Å². The highest BCUT2D eigenvalue weighted by atomic mass is 32.1. The molecule has 2 aromatic carbocycles. The normalized spacial score (nSPS) is 21.5. The van der Waals surface area contributed by atoms with Crippen molar-refractivity contribution in [1.29, 1.82) is 0 Å². The van der Waals surface area contributed by atoms with Gasteiger partial charge in [-0.2, -0.15) is 13.2 Å².